The van der Waals surface area contributed by atoms with Crippen molar-refractivity contribution < 1.29 is 22.8 Å². The third-order valence-electron chi connectivity index (χ3n) is 7.24. The molecule has 9 heteroatoms. The number of carbonyl (C=O) groups excluding carboxylic acids is 3. The minimum atomic E-state index is -3.63. The fraction of sp³-hybridized carbons (Fsp3) is 0.824. The van der Waals surface area contributed by atoms with Gasteiger partial charge in [-0.2, -0.15) is 4.31 Å². The Hall–Kier alpha value is -0.930. The molecule has 0 spiro atoms. The lowest BCUT2D eigenvalue weighted by Crippen LogP contribution is -2.47. The van der Waals surface area contributed by atoms with Gasteiger partial charge < -0.3 is 0 Å². The number of hydrogen-bond acceptors (Lipinski definition) is 6. The summed E-state index contributed by atoms with van der Waals surface area (Å²) in [5, 5.41) is -0.288. The molecule has 2 amide bonds. The Morgan fingerprint density at radius 2 is 1.92 bits per heavy atom. The molecule has 4 aliphatic rings. The number of ketones is 1. The van der Waals surface area contributed by atoms with E-state index < -0.39 is 15.4 Å². The number of hydrogen-bond donors (Lipinski definition) is 0. The average Bonchev–Trinajstić information content (AvgIpc) is 3.24. The summed E-state index contributed by atoms with van der Waals surface area (Å²) in [6.07, 6.45) is 2.49. The molecule has 7 nitrogen and oxygen atoms in total. The second-order valence-electron chi connectivity index (χ2n) is 8.54. The van der Waals surface area contributed by atoms with Crippen LogP contribution in [0.2, 0.25) is 0 Å². The summed E-state index contributed by atoms with van der Waals surface area (Å²) in [5.74, 6) is 0.0994. The topological polar surface area (TPSA) is 91.8 Å². The average molecular weight is 401 g/mol. The fourth-order valence-electron chi connectivity index (χ4n) is 5.40. The summed E-state index contributed by atoms with van der Waals surface area (Å²) in [4.78, 5) is 37.7. The van der Waals surface area contributed by atoms with Crippen LogP contribution in [-0.4, -0.2) is 65.2 Å². The number of Topliss-reactive ketones (excluding diaryl/α,β-unsaturated/α-hetero) is 1. The highest BCUT2D eigenvalue weighted by atomic mass is 32.2. The summed E-state index contributed by atoms with van der Waals surface area (Å²) in [6, 6.07) is -0.388. The smallest absolute Gasteiger partial charge is 0.289 e. The molecule has 0 radical (unpaired) electrons. The molecule has 3 unspecified atom stereocenters. The number of fused-ring (bicyclic) bond motifs is 2. The highest BCUT2D eigenvalue weighted by Crippen LogP contribution is 2.64. The van der Waals surface area contributed by atoms with E-state index in [0.717, 1.165) is 18.2 Å². The van der Waals surface area contributed by atoms with Crippen molar-refractivity contribution in [1.29, 1.82) is 0 Å². The standard InChI is InChI=1S/C17H24N2O5S2/c1-16(2)11-3-5-17(16,13(20)7-11)10-26(23,24)18-6-4-12(8-18)19-14(21)9-25-15(19)22/h11-12H,3-10H2,1-2H3. The van der Waals surface area contributed by atoms with E-state index in [1.807, 2.05) is 13.8 Å². The molecule has 3 atom stereocenters. The van der Waals surface area contributed by atoms with Crippen LogP contribution in [0.1, 0.15) is 39.5 Å². The van der Waals surface area contributed by atoms with Gasteiger partial charge in [-0.25, -0.2) is 8.42 Å². The molecule has 2 aliphatic heterocycles. The zero-order chi connectivity index (χ0) is 18.9. The van der Waals surface area contributed by atoms with Crippen LogP contribution in [0.5, 0.6) is 0 Å². The Morgan fingerprint density at radius 3 is 2.46 bits per heavy atom. The van der Waals surface area contributed by atoms with Crippen molar-refractivity contribution in [3.05, 3.63) is 0 Å². The van der Waals surface area contributed by atoms with E-state index in [1.165, 1.54) is 9.21 Å². The Bertz CT molecular complexity index is 777. The van der Waals surface area contributed by atoms with Gasteiger partial charge in [0.05, 0.1) is 17.5 Å². The molecule has 0 N–H and O–H groups in total. The van der Waals surface area contributed by atoms with Gasteiger partial charge in [-0.1, -0.05) is 25.6 Å². The van der Waals surface area contributed by atoms with Crippen molar-refractivity contribution in [3.63, 3.8) is 0 Å². The van der Waals surface area contributed by atoms with E-state index in [-0.39, 0.29) is 52.4 Å². The number of rotatable bonds is 4. The Labute approximate surface area is 157 Å². The zero-order valence-electron chi connectivity index (χ0n) is 15.1. The maximum absolute atomic E-state index is 13.1. The molecular formula is C17H24N2O5S2. The molecule has 2 bridgehead atoms. The van der Waals surface area contributed by atoms with Crippen molar-refractivity contribution in [2.75, 3.05) is 24.6 Å². The van der Waals surface area contributed by atoms with E-state index in [1.54, 1.807) is 0 Å². The molecule has 2 heterocycles. The second-order valence-corrected chi connectivity index (χ2v) is 11.4. The molecular weight excluding hydrogens is 376 g/mol. The van der Waals surface area contributed by atoms with Crippen molar-refractivity contribution in [2.45, 2.75) is 45.6 Å². The first kappa shape index (κ1) is 18.4. The predicted molar refractivity (Wildman–Crippen MR) is 97.0 cm³/mol. The van der Waals surface area contributed by atoms with E-state index in [9.17, 15) is 22.8 Å². The van der Waals surface area contributed by atoms with E-state index in [0.29, 0.717) is 25.8 Å². The first-order chi connectivity index (χ1) is 12.1. The molecule has 0 aromatic carbocycles. The largest absolute Gasteiger partial charge is 0.299 e. The Kier molecular flexibility index (Phi) is 4.10. The van der Waals surface area contributed by atoms with Gasteiger partial charge >= 0.3 is 0 Å². The summed E-state index contributed by atoms with van der Waals surface area (Å²) >= 11 is 0.969. The predicted octanol–water partition coefficient (Wildman–Crippen LogP) is 1.48. The van der Waals surface area contributed by atoms with Gasteiger partial charge in [0.15, 0.2) is 0 Å². The first-order valence-electron chi connectivity index (χ1n) is 9.08. The highest BCUT2D eigenvalue weighted by molar-refractivity contribution is 8.14. The van der Waals surface area contributed by atoms with Gasteiger partial charge in [-0.3, -0.25) is 19.3 Å². The van der Waals surface area contributed by atoms with Crippen LogP contribution >= 0.6 is 11.8 Å². The SMILES string of the molecule is CC1(C)C2CCC1(CS(=O)(=O)N1CCC(N3C(=O)CSC3=O)C1)C(=O)C2. The van der Waals surface area contributed by atoms with E-state index in [2.05, 4.69) is 0 Å². The molecule has 4 fully saturated rings. The van der Waals surface area contributed by atoms with Crippen LogP contribution in [0.3, 0.4) is 0 Å². The van der Waals surface area contributed by atoms with Crippen LogP contribution in [0, 0.1) is 16.7 Å². The number of carbonyl (C=O) groups is 3. The van der Waals surface area contributed by atoms with Crippen LogP contribution < -0.4 is 0 Å². The maximum Gasteiger partial charge on any atom is 0.289 e. The van der Waals surface area contributed by atoms with E-state index >= 15 is 0 Å². The first-order valence-corrected chi connectivity index (χ1v) is 11.7. The number of thioether (sulfide) groups is 1. The molecule has 2 aliphatic carbocycles. The quantitative estimate of drug-likeness (QED) is 0.710. The number of imide groups is 1. The van der Waals surface area contributed by atoms with Crippen molar-refractivity contribution in [2.24, 2.45) is 16.7 Å². The summed E-state index contributed by atoms with van der Waals surface area (Å²) in [6.45, 7) is 4.49. The van der Waals surface area contributed by atoms with Gasteiger partial charge in [-0.05, 0) is 30.6 Å². The lowest BCUT2D eigenvalue weighted by molar-refractivity contribution is -0.128. The molecule has 2 saturated heterocycles. The van der Waals surface area contributed by atoms with Gasteiger partial charge in [0.2, 0.25) is 15.9 Å². The number of amides is 2. The van der Waals surface area contributed by atoms with Gasteiger partial charge in [0.25, 0.3) is 5.24 Å². The molecule has 2 saturated carbocycles. The minimum absolute atomic E-state index is 0.0828. The van der Waals surface area contributed by atoms with Crippen molar-refractivity contribution in [3.8, 4) is 0 Å². The summed E-state index contributed by atoms with van der Waals surface area (Å²) < 4.78 is 27.6. The lowest BCUT2D eigenvalue weighted by atomic mass is 9.70. The van der Waals surface area contributed by atoms with Gasteiger partial charge in [0.1, 0.15) is 5.78 Å². The summed E-state index contributed by atoms with van der Waals surface area (Å²) in [7, 11) is -3.63. The highest BCUT2D eigenvalue weighted by Gasteiger charge is 2.65. The van der Waals surface area contributed by atoms with Crippen LogP contribution in [0.25, 0.3) is 0 Å². The number of sulfonamides is 1. The minimum Gasteiger partial charge on any atom is -0.299 e. The van der Waals surface area contributed by atoms with E-state index in [4.69, 9.17) is 0 Å². The Morgan fingerprint density at radius 1 is 1.19 bits per heavy atom. The molecule has 144 valence electrons. The molecule has 26 heavy (non-hydrogen) atoms. The van der Waals surface area contributed by atoms with Gasteiger partial charge in [0, 0.05) is 24.9 Å². The monoisotopic (exact) mass is 400 g/mol. The van der Waals surface area contributed by atoms with Crippen molar-refractivity contribution >= 4 is 38.7 Å². The molecule has 0 aromatic heterocycles. The fourth-order valence-corrected chi connectivity index (χ4v) is 8.44. The lowest BCUT2D eigenvalue weighted by Gasteiger charge is -2.37. The molecule has 4 rings (SSSR count). The van der Waals surface area contributed by atoms with Crippen molar-refractivity contribution in [1.82, 2.24) is 9.21 Å². The zero-order valence-corrected chi connectivity index (χ0v) is 16.7. The van der Waals surface area contributed by atoms with Crippen LogP contribution in [0.15, 0.2) is 0 Å². The molecule has 0 aromatic rings. The van der Waals surface area contributed by atoms with Crippen LogP contribution in [-0.2, 0) is 19.6 Å². The normalized spacial score (nSPS) is 37.3. The Balaban J connectivity index is 1.52. The van der Waals surface area contributed by atoms with Gasteiger partial charge in [-0.15, -0.1) is 0 Å². The third-order valence-corrected chi connectivity index (χ3v) is 10.0. The third kappa shape index (κ3) is 2.43. The number of nitrogens with zero attached hydrogens (tertiary/aromatic N) is 2. The second kappa shape index (κ2) is 5.78. The summed E-state index contributed by atoms with van der Waals surface area (Å²) in [5.41, 5.74) is -1.09. The van der Waals surface area contributed by atoms with Crippen LogP contribution in [0.4, 0.5) is 4.79 Å². The maximum atomic E-state index is 13.1.